The maximum absolute atomic E-state index is 11.9. The predicted molar refractivity (Wildman–Crippen MR) is 84.9 cm³/mol. The van der Waals surface area contributed by atoms with E-state index in [1.54, 1.807) is 26.0 Å². The van der Waals surface area contributed by atoms with Crippen LogP contribution in [0.25, 0.3) is 0 Å². The fourth-order valence-corrected chi connectivity index (χ4v) is 2.00. The summed E-state index contributed by atoms with van der Waals surface area (Å²) in [6.07, 6.45) is -0.0691. The lowest BCUT2D eigenvalue weighted by Crippen LogP contribution is -2.24. The van der Waals surface area contributed by atoms with Crippen LogP contribution >= 0.6 is 0 Å². The Kier molecular flexibility index (Phi) is 4.85. The minimum atomic E-state index is -0.400. The number of nitrogens with zero attached hydrogens (tertiary/aromatic N) is 1. The van der Waals surface area contributed by atoms with Crippen LogP contribution in [0.5, 0.6) is 11.5 Å². The van der Waals surface area contributed by atoms with Crippen LogP contribution in [0, 0.1) is 6.92 Å². The number of carbonyl (C=O) groups excluding carboxylic acids is 1. The fraction of sp³-hybridized carbons (Fsp3) is 0.267. The second-order valence-corrected chi connectivity index (χ2v) is 4.98. The van der Waals surface area contributed by atoms with Crippen molar-refractivity contribution in [2.24, 2.45) is 5.10 Å². The SMILES string of the molecule is COc1cc(/C(C)=N\NC(=O)Cc2c(C)[nH][nH]c2=O)ccc1O. The summed E-state index contributed by atoms with van der Waals surface area (Å²) in [5.41, 5.74) is 4.31. The lowest BCUT2D eigenvalue weighted by Gasteiger charge is -2.06. The molecule has 8 nitrogen and oxygen atoms in total. The minimum Gasteiger partial charge on any atom is -0.504 e. The van der Waals surface area contributed by atoms with E-state index in [0.29, 0.717) is 28.3 Å². The van der Waals surface area contributed by atoms with E-state index in [-0.39, 0.29) is 17.7 Å². The van der Waals surface area contributed by atoms with Crippen LogP contribution in [0.3, 0.4) is 0 Å². The third-order valence-corrected chi connectivity index (χ3v) is 3.37. The summed E-state index contributed by atoms with van der Waals surface area (Å²) in [5, 5.41) is 18.6. The van der Waals surface area contributed by atoms with Crippen molar-refractivity contribution in [3.05, 3.63) is 45.4 Å². The number of aryl methyl sites for hydroxylation is 1. The molecule has 1 heterocycles. The molecule has 0 aliphatic rings. The number of benzene rings is 1. The van der Waals surface area contributed by atoms with Crippen LogP contribution in [0.2, 0.25) is 0 Å². The number of hydrogen-bond donors (Lipinski definition) is 4. The Hall–Kier alpha value is -3.03. The molecule has 0 bridgehead atoms. The van der Waals surface area contributed by atoms with Crippen LogP contribution in [-0.4, -0.2) is 34.0 Å². The molecule has 1 amide bonds. The van der Waals surface area contributed by atoms with E-state index in [0.717, 1.165) is 0 Å². The molecule has 0 spiro atoms. The molecule has 2 rings (SSSR count). The number of phenols is 1. The second kappa shape index (κ2) is 6.82. The number of ether oxygens (including phenoxy) is 1. The summed E-state index contributed by atoms with van der Waals surface area (Å²) in [6.45, 7) is 3.41. The summed E-state index contributed by atoms with van der Waals surface area (Å²) in [4.78, 5) is 23.4. The molecule has 122 valence electrons. The van der Waals surface area contributed by atoms with E-state index >= 15 is 0 Å². The highest BCUT2D eigenvalue weighted by molar-refractivity contribution is 5.99. The zero-order valence-corrected chi connectivity index (χ0v) is 13.1. The highest BCUT2D eigenvalue weighted by atomic mass is 16.5. The number of rotatable bonds is 5. The number of carbonyl (C=O) groups is 1. The molecular weight excluding hydrogens is 300 g/mol. The number of aromatic nitrogens is 2. The van der Waals surface area contributed by atoms with Crippen LogP contribution < -0.4 is 15.7 Å². The largest absolute Gasteiger partial charge is 0.504 e. The van der Waals surface area contributed by atoms with Gasteiger partial charge in [-0.05, 0) is 32.0 Å². The van der Waals surface area contributed by atoms with Crippen molar-refractivity contribution < 1.29 is 14.6 Å². The van der Waals surface area contributed by atoms with Crippen molar-refractivity contribution >= 4 is 11.6 Å². The summed E-state index contributed by atoms with van der Waals surface area (Å²) in [7, 11) is 1.45. The minimum absolute atomic E-state index is 0.0234. The van der Waals surface area contributed by atoms with Gasteiger partial charge in [0.2, 0.25) is 5.91 Å². The van der Waals surface area contributed by atoms with Crippen LogP contribution in [0.4, 0.5) is 0 Å². The van der Waals surface area contributed by atoms with Crippen LogP contribution in [0.1, 0.15) is 23.7 Å². The standard InChI is InChI=1S/C15H18N4O4/c1-8(10-4-5-12(20)13(6-10)23-3)16-18-14(21)7-11-9(2)17-19-15(11)22/h4-6,20H,7H2,1-3H3,(H,18,21)(H2,17,19,22)/b16-8-. The van der Waals surface area contributed by atoms with Gasteiger partial charge in [0.05, 0.1) is 19.2 Å². The maximum Gasteiger partial charge on any atom is 0.267 e. The quantitative estimate of drug-likeness (QED) is 0.481. The fourth-order valence-electron chi connectivity index (χ4n) is 2.00. The topological polar surface area (TPSA) is 120 Å². The molecule has 0 radical (unpaired) electrons. The van der Waals surface area contributed by atoms with E-state index in [1.165, 1.54) is 13.2 Å². The third kappa shape index (κ3) is 3.79. The Balaban J connectivity index is 2.07. The van der Waals surface area contributed by atoms with Gasteiger partial charge in [0, 0.05) is 16.8 Å². The van der Waals surface area contributed by atoms with Gasteiger partial charge >= 0.3 is 0 Å². The normalized spacial score (nSPS) is 11.3. The van der Waals surface area contributed by atoms with Gasteiger partial charge in [-0.2, -0.15) is 5.10 Å². The van der Waals surface area contributed by atoms with Gasteiger partial charge in [0.15, 0.2) is 11.5 Å². The molecule has 2 aromatic rings. The van der Waals surface area contributed by atoms with Crippen molar-refractivity contribution in [2.75, 3.05) is 7.11 Å². The molecule has 0 atom stereocenters. The highest BCUT2D eigenvalue weighted by Crippen LogP contribution is 2.26. The summed E-state index contributed by atoms with van der Waals surface area (Å²) < 4.78 is 5.02. The van der Waals surface area contributed by atoms with Gasteiger partial charge in [-0.15, -0.1) is 0 Å². The lowest BCUT2D eigenvalue weighted by atomic mass is 10.1. The van der Waals surface area contributed by atoms with Gasteiger partial charge in [0.25, 0.3) is 5.56 Å². The average molecular weight is 318 g/mol. The third-order valence-electron chi connectivity index (χ3n) is 3.37. The van der Waals surface area contributed by atoms with Crippen molar-refractivity contribution in [1.29, 1.82) is 0 Å². The number of aromatic hydroxyl groups is 1. The van der Waals surface area contributed by atoms with Gasteiger partial charge in [-0.3, -0.25) is 14.7 Å². The molecule has 0 unspecified atom stereocenters. The Labute approximate surface area is 132 Å². The molecule has 0 aliphatic carbocycles. The Bertz CT molecular complexity index is 804. The summed E-state index contributed by atoms with van der Waals surface area (Å²) in [6, 6.07) is 4.75. The number of hydrazone groups is 1. The molecule has 1 aromatic heterocycles. The molecular formula is C15H18N4O4. The Morgan fingerprint density at radius 1 is 1.39 bits per heavy atom. The number of nitrogens with one attached hydrogen (secondary N) is 3. The zero-order chi connectivity index (χ0) is 17.0. The molecule has 4 N–H and O–H groups in total. The van der Waals surface area contributed by atoms with Gasteiger partial charge in [0.1, 0.15) is 0 Å². The monoisotopic (exact) mass is 318 g/mol. The first-order chi connectivity index (χ1) is 10.9. The summed E-state index contributed by atoms with van der Waals surface area (Å²) >= 11 is 0. The highest BCUT2D eigenvalue weighted by Gasteiger charge is 2.11. The maximum atomic E-state index is 11.9. The number of aromatic amines is 2. The molecule has 0 saturated heterocycles. The molecule has 0 fully saturated rings. The molecule has 0 aliphatic heterocycles. The average Bonchev–Trinajstić information content (AvgIpc) is 2.85. The van der Waals surface area contributed by atoms with Crippen molar-refractivity contribution in [3.8, 4) is 11.5 Å². The Morgan fingerprint density at radius 3 is 2.74 bits per heavy atom. The molecule has 8 heteroatoms. The number of phenolic OH excluding ortho intramolecular Hbond substituents is 1. The van der Waals surface area contributed by atoms with Gasteiger partial charge in [-0.1, -0.05) is 0 Å². The molecule has 23 heavy (non-hydrogen) atoms. The first-order valence-corrected chi connectivity index (χ1v) is 6.89. The second-order valence-electron chi connectivity index (χ2n) is 4.98. The number of methoxy groups -OCH3 is 1. The molecule has 0 saturated carbocycles. The van der Waals surface area contributed by atoms with Crippen molar-refractivity contribution in [3.63, 3.8) is 0 Å². The van der Waals surface area contributed by atoms with Gasteiger partial charge in [-0.25, -0.2) is 5.43 Å². The van der Waals surface area contributed by atoms with E-state index in [4.69, 9.17) is 4.74 Å². The first-order valence-electron chi connectivity index (χ1n) is 6.89. The Morgan fingerprint density at radius 2 is 2.13 bits per heavy atom. The number of amides is 1. The van der Waals surface area contributed by atoms with Crippen molar-refractivity contribution in [2.45, 2.75) is 20.3 Å². The van der Waals surface area contributed by atoms with Crippen molar-refractivity contribution in [1.82, 2.24) is 15.6 Å². The van der Waals surface area contributed by atoms with E-state index in [2.05, 4.69) is 20.7 Å². The van der Waals surface area contributed by atoms with Gasteiger partial charge < -0.3 is 14.9 Å². The van der Waals surface area contributed by atoms with E-state index < -0.39 is 5.91 Å². The smallest absolute Gasteiger partial charge is 0.267 e. The number of hydrogen-bond acceptors (Lipinski definition) is 5. The zero-order valence-electron chi connectivity index (χ0n) is 13.1. The van der Waals surface area contributed by atoms with Crippen LogP contribution in [0.15, 0.2) is 28.1 Å². The van der Waals surface area contributed by atoms with E-state index in [1.807, 2.05) is 0 Å². The summed E-state index contributed by atoms with van der Waals surface area (Å²) in [5.74, 6) is -0.0589. The number of H-pyrrole nitrogens is 2. The predicted octanol–water partition coefficient (Wildman–Crippen LogP) is 0.809. The van der Waals surface area contributed by atoms with Crippen LogP contribution in [-0.2, 0) is 11.2 Å². The van der Waals surface area contributed by atoms with E-state index in [9.17, 15) is 14.7 Å². The molecule has 1 aromatic carbocycles. The lowest BCUT2D eigenvalue weighted by molar-refractivity contribution is -0.120. The first kappa shape index (κ1) is 16.3.